The lowest BCUT2D eigenvalue weighted by Gasteiger charge is -2.58. The van der Waals surface area contributed by atoms with E-state index in [4.69, 9.17) is 9.47 Å². The highest BCUT2D eigenvalue weighted by molar-refractivity contribution is 6.01. The third-order valence-corrected chi connectivity index (χ3v) is 12.4. The topological polar surface area (TPSA) is 133 Å². The van der Waals surface area contributed by atoms with Gasteiger partial charge in [-0.25, -0.2) is 13.6 Å². The number of imidazole rings is 1. The highest BCUT2D eigenvalue weighted by atomic mass is 19.3. The lowest BCUT2D eigenvalue weighted by atomic mass is 9.69. The van der Waals surface area contributed by atoms with Crippen molar-refractivity contribution in [3.63, 3.8) is 0 Å². The van der Waals surface area contributed by atoms with E-state index in [1.807, 2.05) is 29.2 Å². The zero-order valence-electron chi connectivity index (χ0n) is 31.7. The number of carbonyl (C=O) groups excluding carboxylic acids is 2. The maximum absolute atomic E-state index is 16.4. The average Bonchev–Trinajstić information content (AvgIpc) is 3.98. The molecule has 3 saturated heterocycles. The molecule has 2 aromatic carbocycles. The standard InChI is InChI=1S/C41H43F2N7O6/c1-46-18-27(25-16-29(23-8-9-23)44-17-26(25)38(46)53)24-14-33(55-3)28(34(15-24)56-4)19-48-13-12-40(41(42,43)22-48)20-49(21-40)30-6-5-7-31-36(30)47(2)39(54)50(31)32-10-11-35(51)45-37(32)52/h5-7,14-18,23,32H,8-13,19-22H2,1-4H3,(H,45,51,52). The molecule has 6 heterocycles. The van der Waals surface area contributed by atoms with Crippen molar-refractivity contribution in [3.8, 4) is 22.6 Å². The molecule has 1 aliphatic carbocycles. The minimum absolute atomic E-state index is 0.109. The van der Waals surface area contributed by atoms with Gasteiger partial charge in [-0.3, -0.25) is 38.7 Å². The Kier molecular flexibility index (Phi) is 8.38. The van der Waals surface area contributed by atoms with Crippen LogP contribution in [0.5, 0.6) is 11.5 Å². The van der Waals surface area contributed by atoms with Crippen molar-refractivity contribution in [2.75, 3.05) is 45.3 Å². The lowest BCUT2D eigenvalue weighted by Crippen LogP contribution is -2.70. The fourth-order valence-corrected chi connectivity index (χ4v) is 9.09. The number of likely N-dealkylation sites (tertiary alicyclic amines) is 1. The van der Waals surface area contributed by atoms with Crippen molar-refractivity contribution in [2.45, 2.75) is 56.5 Å². The molecule has 1 atom stereocenters. The van der Waals surface area contributed by atoms with E-state index in [1.54, 1.807) is 57.7 Å². The predicted molar refractivity (Wildman–Crippen MR) is 206 cm³/mol. The van der Waals surface area contributed by atoms with Crippen molar-refractivity contribution < 1.29 is 27.8 Å². The van der Waals surface area contributed by atoms with E-state index in [-0.39, 0.29) is 50.4 Å². The Morgan fingerprint density at radius 3 is 2.34 bits per heavy atom. The van der Waals surface area contributed by atoms with Crippen LogP contribution in [0, 0.1) is 5.41 Å². The van der Waals surface area contributed by atoms with Crippen molar-refractivity contribution in [1.29, 1.82) is 0 Å². The molecule has 0 bridgehead atoms. The molecule has 1 N–H and O–H groups in total. The number of nitrogens with zero attached hydrogens (tertiary/aromatic N) is 6. The number of rotatable bonds is 8. The van der Waals surface area contributed by atoms with E-state index >= 15 is 8.78 Å². The van der Waals surface area contributed by atoms with Gasteiger partial charge in [-0.1, -0.05) is 6.07 Å². The fraction of sp³-hybridized carbons (Fsp3) is 0.439. The molecular formula is C41H43F2N7O6. The summed E-state index contributed by atoms with van der Waals surface area (Å²) in [5.41, 5.74) is 3.14. The van der Waals surface area contributed by atoms with Crippen LogP contribution in [-0.4, -0.2) is 81.7 Å². The van der Waals surface area contributed by atoms with Crippen molar-refractivity contribution in [2.24, 2.45) is 19.5 Å². The van der Waals surface area contributed by atoms with Crippen molar-refractivity contribution in [1.82, 2.24) is 28.9 Å². The van der Waals surface area contributed by atoms with Crippen LogP contribution in [0.25, 0.3) is 32.9 Å². The van der Waals surface area contributed by atoms with E-state index in [2.05, 4.69) is 10.3 Å². The predicted octanol–water partition coefficient (Wildman–Crippen LogP) is 4.47. The van der Waals surface area contributed by atoms with E-state index in [0.29, 0.717) is 51.6 Å². The maximum atomic E-state index is 16.4. The van der Waals surface area contributed by atoms with Crippen LogP contribution >= 0.6 is 0 Å². The smallest absolute Gasteiger partial charge is 0.329 e. The first-order chi connectivity index (χ1) is 26.8. The number of carbonyl (C=O) groups is 2. The van der Waals surface area contributed by atoms with Gasteiger partial charge < -0.3 is 18.9 Å². The van der Waals surface area contributed by atoms with Gasteiger partial charge >= 0.3 is 5.69 Å². The summed E-state index contributed by atoms with van der Waals surface area (Å²) in [6.45, 7) is 0.372. The number of benzene rings is 2. The molecule has 1 saturated carbocycles. The number of halogens is 2. The second-order valence-corrected chi connectivity index (χ2v) is 15.9. The SMILES string of the molecule is COc1cc(-c2cn(C)c(=O)c3cnc(C4CC4)cc23)cc(OC)c1CN1CCC2(CN(c3cccc4c3n(C)c(=O)n4C3CCC(=O)NC3=O)C2)C(F)(F)C1. The lowest BCUT2D eigenvalue weighted by molar-refractivity contribution is -0.181. The second-order valence-electron chi connectivity index (χ2n) is 15.9. The van der Waals surface area contributed by atoms with Crippen LogP contribution in [0.15, 0.2) is 58.4 Å². The number of ether oxygens (including phenoxy) is 2. The third-order valence-electron chi connectivity index (χ3n) is 12.4. The number of aryl methyl sites for hydroxylation is 2. The summed E-state index contributed by atoms with van der Waals surface area (Å²) in [5, 5.41) is 3.63. The molecule has 3 aromatic heterocycles. The van der Waals surface area contributed by atoms with Gasteiger partial charge in [0.15, 0.2) is 0 Å². The number of imide groups is 1. The van der Waals surface area contributed by atoms with E-state index in [9.17, 15) is 19.2 Å². The number of pyridine rings is 2. The molecule has 0 radical (unpaired) electrons. The summed E-state index contributed by atoms with van der Waals surface area (Å²) >= 11 is 0. The average molecular weight is 768 g/mol. The molecular weight excluding hydrogens is 724 g/mol. The second kappa shape index (κ2) is 13.0. The molecule has 4 aliphatic rings. The van der Waals surface area contributed by atoms with Crippen LogP contribution in [-0.2, 0) is 30.2 Å². The van der Waals surface area contributed by atoms with Gasteiger partial charge in [-0.05, 0) is 73.5 Å². The largest absolute Gasteiger partial charge is 0.496 e. The molecule has 292 valence electrons. The van der Waals surface area contributed by atoms with E-state index < -0.39 is 35.5 Å². The Morgan fingerprint density at radius 2 is 1.68 bits per heavy atom. The maximum Gasteiger partial charge on any atom is 0.329 e. The number of alkyl halides is 2. The fourth-order valence-electron chi connectivity index (χ4n) is 9.09. The number of hydrogen-bond donors (Lipinski definition) is 1. The molecule has 4 fully saturated rings. The molecule has 9 rings (SSSR count). The summed E-state index contributed by atoms with van der Waals surface area (Å²) in [4.78, 5) is 59.3. The quantitative estimate of drug-likeness (QED) is 0.227. The van der Waals surface area contributed by atoms with Crippen molar-refractivity contribution >= 4 is 39.3 Å². The number of aromatic nitrogens is 4. The summed E-state index contributed by atoms with van der Waals surface area (Å²) in [5.74, 6) is -2.53. The minimum Gasteiger partial charge on any atom is -0.496 e. The first-order valence-corrected chi connectivity index (χ1v) is 19.0. The minimum atomic E-state index is -3.03. The monoisotopic (exact) mass is 767 g/mol. The number of methoxy groups -OCH3 is 2. The van der Waals surface area contributed by atoms with Gasteiger partial charge in [0.25, 0.3) is 11.5 Å². The van der Waals surface area contributed by atoms with Gasteiger partial charge in [-0.15, -0.1) is 0 Å². The molecule has 1 spiro atoms. The third kappa shape index (κ3) is 5.60. The summed E-state index contributed by atoms with van der Waals surface area (Å²) < 4.78 is 48.9. The highest BCUT2D eigenvalue weighted by Gasteiger charge is 2.62. The Labute approximate surface area is 320 Å². The van der Waals surface area contributed by atoms with Crippen LogP contribution in [0.1, 0.15) is 55.3 Å². The summed E-state index contributed by atoms with van der Waals surface area (Å²) in [6.07, 6.45) is 6.19. The molecule has 2 amide bonds. The zero-order chi connectivity index (χ0) is 39.3. The molecule has 15 heteroatoms. The van der Waals surface area contributed by atoms with Gasteiger partial charge in [-0.2, -0.15) is 0 Å². The summed E-state index contributed by atoms with van der Waals surface area (Å²) in [6, 6.07) is 10.2. The van der Waals surface area contributed by atoms with Crippen LogP contribution in [0.4, 0.5) is 14.5 Å². The normalized spacial score (nSPS) is 20.8. The van der Waals surface area contributed by atoms with Crippen LogP contribution in [0.3, 0.4) is 0 Å². The molecule has 5 aromatic rings. The van der Waals surface area contributed by atoms with Gasteiger partial charge in [0.05, 0.1) is 53.8 Å². The number of anilines is 1. The number of amides is 2. The number of nitrogens with one attached hydrogen (secondary N) is 1. The number of fused-ring (bicyclic) bond motifs is 2. The van der Waals surface area contributed by atoms with Crippen LogP contribution in [0.2, 0.25) is 0 Å². The number of piperidine rings is 2. The summed E-state index contributed by atoms with van der Waals surface area (Å²) in [7, 11) is 6.42. The van der Waals surface area contributed by atoms with Gasteiger partial charge in [0.2, 0.25) is 11.8 Å². The van der Waals surface area contributed by atoms with Crippen LogP contribution < -0.4 is 30.9 Å². The highest BCUT2D eigenvalue weighted by Crippen LogP contribution is 2.52. The number of para-hydroxylation sites is 1. The van der Waals surface area contributed by atoms with E-state index in [1.165, 1.54) is 13.7 Å². The van der Waals surface area contributed by atoms with Gasteiger partial charge in [0, 0.05) is 69.7 Å². The Morgan fingerprint density at radius 1 is 0.946 bits per heavy atom. The Hall–Kier alpha value is -5.57. The molecule has 1 unspecified atom stereocenters. The Balaban J connectivity index is 0.962. The van der Waals surface area contributed by atoms with E-state index in [0.717, 1.165) is 35.0 Å². The van der Waals surface area contributed by atoms with Gasteiger partial charge in [0.1, 0.15) is 17.5 Å². The zero-order valence-corrected chi connectivity index (χ0v) is 31.7. The van der Waals surface area contributed by atoms with Crippen molar-refractivity contribution in [3.05, 3.63) is 80.9 Å². The Bertz CT molecular complexity index is 2560. The molecule has 13 nitrogen and oxygen atoms in total. The molecule has 3 aliphatic heterocycles. The molecule has 56 heavy (non-hydrogen) atoms. The first kappa shape index (κ1) is 36.1. The first-order valence-electron chi connectivity index (χ1n) is 19.0. The number of hydrogen-bond acceptors (Lipinski definition) is 9.